The van der Waals surface area contributed by atoms with Gasteiger partial charge in [-0.05, 0) is 18.9 Å². The lowest BCUT2D eigenvalue weighted by molar-refractivity contribution is 0.351. The number of methoxy groups -OCH3 is 2. The Labute approximate surface area is 191 Å². The number of aliphatic imine (C=N–C) groups is 1. The molecule has 0 aliphatic rings. The number of nitrogens with one attached hydrogen (secondary N) is 1. The fourth-order valence-electron chi connectivity index (χ4n) is 3.20. The lowest BCUT2D eigenvalue weighted by atomic mass is 10.1. The number of nitrogens with zero attached hydrogens (tertiary/aromatic N) is 4. The number of rotatable bonds is 8. The van der Waals surface area contributed by atoms with Gasteiger partial charge in [-0.1, -0.05) is 26.0 Å². The lowest BCUT2D eigenvalue weighted by Crippen LogP contribution is -2.38. The van der Waals surface area contributed by atoms with Crippen LogP contribution >= 0.6 is 24.0 Å². The zero-order valence-electron chi connectivity index (χ0n) is 18.5. The first kappa shape index (κ1) is 25.1. The van der Waals surface area contributed by atoms with Crippen molar-refractivity contribution in [2.75, 3.05) is 27.8 Å². The molecule has 0 unspecified atom stereocenters. The third-order valence-corrected chi connectivity index (χ3v) is 4.47. The van der Waals surface area contributed by atoms with Crippen LogP contribution in [0, 0.1) is 0 Å². The van der Waals surface area contributed by atoms with Gasteiger partial charge in [0.05, 0.1) is 26.5 Å². The number of ether oxygens (including phenoxy) is 2. The minimum Gasteiger partial charge on any atom is -0.493 e. The molecule has 0 aliphatic carbocycles. The van der Waals surface area contributed by atoms with Gasteiger partial charge in [0.15, 0.2) is 17.5 Å². The molecule has 0 amide bonds. The molecule has 0 atom stereocenters. The molecule has 162 valence electrons. The molecule has 2 aromatic rings. The second kappa shape index (κ2) is 11.9. The van der Waals surface area contributed by atoms with Crippen LogP contribution < -0.4 is 14.8 Å². The second-order valence-electron chi connectivity index (χ2n) is 7.05. The Morgan fingerprint density at radius 1 is 1.24 bits per heavy atom. The molecule has 1 N–H and O–H groups in total. The van der Waals surface area contributed by atoms with Crippen LogP contribution in [0.25, 0.3) is 0 Å². The minimum absolute atomic E-state index is 0. The summed E-state index contributed by atoms with van der Waals surface area (Å²) in [6, 6.07) is 5.85. The number of aromatic nitrogens is 2. The molecule has 0 bridgehead atoms. The van der Waals surface area contributed by atoms with E-state index < -0.39 is 0 Å². The largest absolute Gasteiger partial charge is 0.493 e. The molecule has 0 aliphatic heterocycles. The summed E-state index contributed by atoms with van der Waals surface area (Å²) in [5.41, 5.74) is 3.32. The van der Waals surface area contributed by atoms with Crippen LogP contribution in [0.4, 0.5) is 0 Å². The number of halogens is 1. The normalized spacial score (nSPS) is 11.2. The maximum Gasteiger partial charge on any atom is 0.194 e. The summed E-state index contributed by atoms with van der Waals surface area (Å²) in [7, 11) is 7.30. The van der Waals surface area contributed by atoms with E-state index in [0.29, 0.717) is 18.2 Å². The van der Waals surface area contributed by atoms with Gasteiger partial charge in [-0.15, -0.1) is 24.0 Å². The van der Waals surface area contributed by atoms with Crippen molar-refractivity contribution in [3.05, 3.63) is 41.2 Å². The topological polar surface area (TPSA) is 63.9 Å². The van der Waals surface area contributed by atoms with Crippen molar-refractivity contribution in [3.63, 3.8) is 0 Å². The summed E-state index contributed by atoms with van der Waals surface area (Å²) < 4.78 is 12.8. The van der Waals surface area contributed by atoms with Crippen LogP contribution in [-0.2, 0) is 20.1 Å². The van der Waals surface area contributed by atoms with Crippen molar-refractivity contribution >= 4 is 29.9 Å². The van der Waals surface area contributed by atoms with Crippen LogP contribution in [-0.4, -0.2) is 48.5 Å². The number of guanidine groups is 1. The van der Waals surface area contributed by atoms with Crippen LogP contribution in [0.3, 0.4) is 0 Å². The molecule has 0 saturated heterocycles. The third kappa shape index (κ3) is 6.52. The SMILES string of the molecule is CCNC(=NCc1cccc(OC)c1OC)N(C)Cc1cn(C)nc1C(C)C.I. The summed E-state index contributed by atoms with van der Waals surface area (Å²) in [6.45, 7) is 8.43. The van der Waals surface area contributed by atoms with E-state index >= 15 is 0 Å². The predicted molar refractivity (Wildman–Crippen MR) is 129 cm³/mol. The Morgan fingerprint density at radius 2 is 1.97 bits per heavy atom. The van der Waals surface area contributed by atoms with E-state index in [0.717, 1.165) is 36.1 Å². The molecule has 0 spiro atoms. The smallest absolute Gasteiger partial charge is 0.194 e. The van der Waals surface area contributed by atoms with Gasteiger partial charge in [-0.3, -0.25) is 4.68 Å². The Kier molecular flexibility index (Phi) is 10.3. The highest BCUT2D eigenvalue weighted by atomic mass is 127. The second-order valence-corrected chi connectivity index (χ2v) is 7.05. The molecule has 1 aromatic heterocycles. The number of hydrogen-bond acceptors (Lipinski definition) is 4. The first-order valence-electron chi connectivity index (χ1n) is 9.62. The van der Waals surface area contributed by atoms with Crippen LogP contribution in [0.2, 0.25) is 0 Å². The number of para-hydroxylation sites is 1. The highest BCUT2D eigenvalue weighted by molar-refractivity contribution is 14.0. The molecule has 29 heavy (non-hydrogen) atoms. The molecule has 2 rings (SSSR count). The van der Waals surface area contributed by atoms with E-state index in [-0.39, 0.29) is 24.0 Å². The van der Waals surface area contributed by atoms with Gasteiger partial charge in [0.2, 0.25) is 0 Å². The maximum absolute atomic E-state index is 5.52. The van der Waals surface area contributed by atoms with Gasteiger partial charge in [0.25, 0.3) is 0 Å². The average Bonchev–Trinajstić information content (AvgIpc) is 3.04. The predicted octanol–water partition coefficient (Wildman–Crippen LogP) is 3.78. The standard InChI is InChI=1S/C21H33N5O2.HI/c1-8-22-21(23-12-16-10-9-11-18(27-6)20(16)28-7)25(4)13-17-14-26(5)24-19(17)15(2)3;/h9-11,14-15H,8,12-13H2,1-7H3,(H,22,23);1H. The molecule has 0 radical (unpaired) electrons. The average molecular weight is 515 g/mol. The van der Waals surface area contributed by atoms with E-state index in [2.05, 4.69) is 42.3 Å². The zero-order valence-corrected chi connectivity index (χ0v) is 20.9. The minimum atomic E-state index is 0. The van der Waals surface area contributed by atoms with E-state index in [1.54, 1.807) is 14.2 Å². The number of aryl methyl sites for hydroxylation is 1. The quantitative estimate of drug-likeness (QED) is 0.330. The van der Waals surface area contributed by atoms with Gasteiger partial charge in [-0.25, -0.2) is 4.99 Å². The fourth-order valence-corrected chi connectivity index (χ4v) is 3.20. The highest BCUT2D eigenvalue weighted by Gasteiger charge is 2.15. The molecular formula is C21H34IN5O2. The summed E-state index contributed by atoms with van der Waals surface area (Å²) in [5.74, 6) is 2.66. The molecule has 7 nitrogen and oxygen atoms in total. The third-order valence-electron chi connectivity index (χ3n) is 4.47. The number of hydrogen-bond donors (Lipinski definition) is 1. The molecule has 8 heteroatoms. The van der Waals surface area contributed by atoms with Gasteiger partial charge in [-0.2, -0.15) is 5.10 Å². The molecule has 0 fully saturated rings. The van der Waals surface area contributed by atoms with Gasteiger partial charge < -0.3 is 19.7 Å². The van der Waals surface area contributed by atoms with Gasteiger partial charge in [0.1, 0.15) is 0 Å². The molecule has 0 saturated carbocycles. The Morgan fingerprint density at radius 3 is 2.55 bits per heavy atom. The van der Waals surface area contributed by atoms with E-state index in [9.17, 15) is 0 Å². The zero-order chi connectivity index (χ0) is 20.7. The molecular weight excluding hydrogens is 481 g/mol. The fraction of sp³-hybridized carbons (Fsp3) is 0.524. The Hall–Kier alpha value is -1.97. The van der Waals surface area contributed by atoms with Crippen LogP contribution in [0.1, 0.15) is 43.5 Å². The maximum atomic E-state index is 5.52. The number of benzene rings is 1. The Balaban J connectivity index is 0.00000420. The first-order valence-corrected chi connectivity index (χ1v) is 9.62. The van der Waals surface area contributed by atoms with E-state index in [1.165, 1.54) is 5.56 Å². The van der Waals surface area contributed by atoms with Gasteiger partial charge >= 0.3 is 0 Å². The summed E-state index contributed by atoms with van der Waals surface area (Å²) in [4.78, 5) is 6.94. The van der Waals surface area contributed by atoms with Crippen molar-refractivity contribution in [2.45, 2.75) is 39.8 Å². The highest BCUT2D eigenvalue weighted by Crippen LogP contribution is 2.31. The van der Waals surface area contributed by atoms with E-state index in [1.807, 2.05) is 37.0 Å². The van der Waals surface area contributed by atoms with Gasteiger partial charge in [0, 0.05) is 44.5 Å². The summed E-state index contributed by atoms with van der Waals surface area (Å²) >= 11 is 0. The van der Waals surface area contributed by atoms with Crippen LogP contribution in [0.15, 0.2) is 29.4 Å². The van der Waals surface area contributed by atoms with Crippen molar-refractivity contribution in [2.24, 2.45) is 12.0 Å². The lowest BCUT2D eigenvalue weighted by Gasteiger charge is -2.22. The summed E-state index contributed by atoms with van der Waals surface area (Å²) in [5, 5.41) is 7.97. The summed E-state index contributed by atoms with van der Waals surface area (Å²) in [6.07, 6.45) is 2.08. The Bertz CT molecular complexity index is 804. The van der Waals surface area contributed by atoms with E-state index in [4.69, 9.17) is 14.5 Å². The molecule has 1 aromatic carbocycles. The van der Waals surface area contributed by atoms with Crippen molar-refractivity contribution in [1.82, 2.24) is 20.0 Å². The monoisotopic (exact) mass is 515 g/mol. The van der Waals surface area contributed by atoms with Crippen molar-refractivity contribution in [3.8, 4) is 11.5 Å². The van der Waals surface area contributed by atoms with Crippen molar-refractivity contribution in [1.29, 1.82) is 0 Å². The van der Waals surface area contributed by atoms with Crippen molar-refractivity contribution < 1.29 is 9.47 Å². The molecule has 1 heterocycles. The first-order chi connectivity index (χ1) is 13.4. The van der Waals surface area contributed by atoms with Crippen LogP contribution in [0.5, 0.6) is 11.5 Å².